The van der Waals surface area contributed by atoms with Crippen LogP contribution in [-0.2, 0) is 15.8 Å². The van der Waals surface area contributed by atoms with Crippen molar-refractivity contribution in [3.8, 4) is 0 Å². The van der Waals surface area contributed by atoms with Crippen molar-refractivity contribution in [1.82, 2.24) is 5.32 Å². The molecule has 1 unspecified atom stereocenters. The predicted molar refractivity (Wildman–Crippen MR) is 103 cm³/mol. The highest BCUT2D eigenvalue weighted by Crippen LogP contribution is 2.36. The van der Waals surface area contributed by atoms with E-state index >= 15 is 0 Å². The van der Waals surface area contributed by atoms with E-state index in [9.17, 15) is 5.11 Å². The smallest absolute Gasteiger partial charge is 0.192 e. The molecule has 0 amide bonds. The number of rotatable bonds is 10. The van der Waals surface area contributed by atoms with Crippen molar-refractivity contribution in [2.75, 3.05) is 19.8 Å². The quantitative estimate of drug-likeness (QED) is 0.632. The standard InChI is InChI=1S/C19H35NO3Si/c1-16(13-22-14-17-10-8-7-9-11-17)20-12-18(21)15-23-24(5,6)19(2,3)4/h7-11,16,18,20-21H,12-15H2,1-6H3/t16?,18-/m1/s1. The molecule has 2 atom stereocenters. The highest BCUT2D eigenvalue weighted by molar-refractivity contribution is 6.74. The highest BCUT2D eigenvalue weighted by Gasteiger charge is 2.37. The summed E-state index contributed by atoms with van der Waals surface area (Å²) in [5, 5.41) is 13.6. The molecule has 0 bridgehead atoms. The molecule has 2 N–H and O–H groups in total. The van der Waals surface area contributed by atoms with Gasteiger partial charge in [-0.05, 0) is 30.6 Å². The maximum atomic E-state index is 10.1. The van der Waals surface area contributed by atoms with Crippen LogP contribution in [0.2, 0.25) is 18.1 Å². The summed E-state index contributed by atoms with van der Waals surface area (Å²) in [5.41, 5.74) is 1.17. The molecule has 5 heteroatoms. The molecule has 0 radical (unpaired) electrons. The van der Waals surface area contributed by atoms with Crippen LogP contribution in [0.1, 0.15) is 33.3 Å². The van der Waals surface area contributed by atoms with Gasteiger partial charge >= 0.3 is 0 Å². The highest BCUT2D eigenvalue weighted by atomic mass is 28.4. The minimum atomic E-state index is -1.79. The maximum Gasteiger partial charge on any atom is 0.192 e. The van der Waals surface area contributed by atoms with E-state index in [-0.39, 0.29) is 11.1 Å². The minimum absolute atomic E-state index is 0.165. The van der Waals surface area contributed by atoms with E-state index in [0.717, 1.165) is 0 Å². The molecule has 1 aromatic rings. The fraction of sp³-hybridized carbons (Fsp3) is 0.684. The van der Waals surface area contributed by atoms with E-state index in [1.54, 1.807) is 0 Å². The first kappa shape index (κ1) is 21.3. The van der Waals surface area contributed by atoms with Crippen molar-refractivity contribution in [2.45, 2.75) is 64.6 Å². The Balaban J connectivity index is 2.18. The molecule has 0 fully saturated rings. The second kappa shape index (κ2) is 9.68. The molecule has 0 spiro atoms. The minimum Gasteiger partial charge on any atom is -0.414 e. The molecule has 0 saturated carbocycles. The van der Waals surface area contributed by atoms with Gasteiger partial charge in [0.15, 0.2) is 8.32 Å². The molecule has 0 aliphatic carbocycles. The summed E-state index contributed by atoms with van der Waals surface area (Å²) in [6, 6.07) is 10.3. The lowest BCUT2D eigenvalue weighted by Gasteiger charge is -2.36. The van der Waals surface area contributed by atoms with E-state index in [4.69, 9.17) is 9.16 Å². The van der Waals surface area contributed by atoms with Crippen LogP contribution >= 0.6 is 0 Å². The summed E-state index contributed by atoms with van der Waals surface area (Å²) in [7, 11) is -1.79. The Hall–Kier alpha value is -0.723. The van der Waals surface area contributed by atoms with E-state index in [2.05, 4.69) is 58.2 Å². The lowest BCUT2D eigenvalue weighted by Crippen LogP contribution is -2.45. The van der Waals surface area contributed by atoms with Gasteiger partial charge in [0.25, 0.3) is 0 Å². The van der Waals surface area contributed by atoms with Crippen molar-refractivity contribution in [2.24, 2.45) is 0 Å². The number of hydrogen-bond acceptors (Lipinski definition) is 4. The molecular formula is C19H35NO3Si. The Morgan fingerprint density at radius 3 is 2.33 bits per heavy atom. The van der Waals surface area contributed by atoms with Gasteiger partial charge in [-0.25, -0.2) is 0 Å². The van der Waals surface area contributed by atoms with Crippen LogP contribution in [0.15, 0.2) is 30.3 Å². The largest absolute Gasteiger partial charge is 0.414 e. The zero-order valence-electron chi connectivity index (χ0n) is 16.1. The molecule has 0 heterocycles. The van der Waals surface area contributed by atoms with Gasteiger partial charge in [-0.1, -0.05) is 51.1 Å². The summed E-state index contributed by atoms with van der Waals surface area (Å²) in [4.78, 5) is 0. The van der Waals surface area contributed by atoms with Gasteiger partial charge in [-0.15, -0.1) is 0 Å². The molecule has 1 aromatic carbocycles. The van der Waals surface area contributed by atoms with Crippen LogP contribution in [0, 0.1) is 0 Å². The molecule has 0 aliphatic rings. The van der Waals surface area contributed by atoms with Crippen LogP contribution in [0.5, 0.6) is 0 Å². The summed E-state index contributed by atoms with van der Waals surface area (Å²) in [5.74, 6) is 0. The molecule has 138 valence electrons. The third kappa shape index (κ3) is 7.90. The first-order chi connectivity index (χ1) is 11.1. The second-order valence-corrected chi connectivity index (χ2v) is 12.8. The average molecular weight is 354 g/mol. The number of aliphatic hydroxyl groups is 1. The summed E-state index contributed by atoms with van der Waals surface area (Å²) >= 11 is 0. The van der Waals surface area contributed by atoms with E-state index in [0.29, 0.717) is 26.4 Å². The van der Waals surface area contributed by atoms with Crippen LogP contribution in [0.4, 0.5) is 0 Å². The van der Waals surface area contributed by atoms with Crippen molar-refractivity contribution in [3.05, 3.63) is 35.9 Å². The van der Waals surface area contributed by atoms with Gasteiger partial charge in [-0.2, -0.15) is 0 Å². The van der Waals surface area contributed by atoms with Crippen molar-refractivity contribution in [3.63, 3.8) is 0 Å². The predicted octanol–water partition coefficient (Wildman–Crippen LogP) is 3.56. The van der Waals surface area contributed by atoms with Gasteiger partial charge < -0.3 is 19.6 Å². The normalized spacial score (nSPS) is 15.3. The second-order valence-electron chi connectivity index (χ2n) is 8.04. The van der Waals surface area contributed by atoms with Crippen LogP contribution in [-0.4, -0.2) is 45.3 Å². The van der Waals surface area contributed by atoms with Gasteiger partial charge in [0.2, 0.25) is 0 Å². The third-order valence-electron chi connectivity index (χ3n) is 4.62. The lowest BCUT2D eigenvalue weighted by molar-refractivity contribution is 0.0786. The van der Waals surface area contributed by atoms with Crippen LogP contribution in [0.25, 0.3) is 0 Å². The van der Waals surface area contributed by atoms with Gasteiger partial charge in [0.1, 0.15) is 0 Å². The molecular weight excluding hydrogens is 318 g/mol. The summed E-state index contributed by atoms with van der Waals surface area (Å²) in [6.45, 7) is 15.2. The average Bonchev–Trinajstić information content (AvgIpc) is 2.51. The van der Waals surface area contributed by atoms with Gasteiger partial charge in [-0.3, -0.25) is 0 Å². The topological polar surface area (TPSA) is 50.7 Å². The lowest BCUT2D eigenvalue weighted by atomic mass is 10.2. The Morgan fingerprint density at radius 1 is 1.12 bits per heavy atom. The first-order valence-electron chi connectivity index (χ1n) is 8.79. The Labute approximate surface area is 148 Å². The Bertz CT molecular complexity index is 459. The summed E-state index contributed by atoms with van der Waals surface area (Å²) < 4.78 is 11.7. The van der Waals surface area contributed by atoms with E-state index in [1.807, 2.05) is 18.2 Å². The van der Waals surface area contributed by atoms with Crippen LogP contribution < -0.4 is 5.32 Å². The molecule has 0 saturated heterocycles. The van der Waals surface area contributed by atoms with Gasteiger partial charge in [0.05, 0.1) is 25.9 Å². The monoisotopic (exact) mass is 353 g/mol. The SMILES string of the molecule is CC(COCc1ccccc1)NC[C@@H](O)CO[Si](C)(C)C(C)(C)C. The third-order valence-corrected chi connectivity index (χ3v) is 9.12. The zero-order valence-corrected chi connectivity index (χ0v) is 17.1. The number of ether oxygens (including phenoxy) is 1. The van der Waals surface area contributed by atoms with E-state index < -0.39 is 14.4 Å². The number of benzene rings is 1. The van der Waals surface area contributed by atoms with Crippen molar-refractivity contribution in [1.29, 1.82) is 0 Å². The molecule has 0 aromatic heterocycles. The first-order valence-corrected chi connectivity index (χ1v) is 11.7. The molecule has 1 rings (SSSR count). The van der Waals surface area contributed by atoms with Crippen LogP contribution in [0.3, 0.4) is 0 Å². The molecule has 4 nitrogen and oxygen atoms in total. The number of aliphatic hydroxyl groups excluding tert-OH is 1. The van der Waals surface area contributed by atoms with Crippen molar-refractivity contribution >= 4 is 8.32 Å². The number of hydrogen-bond donors (Lipinski definition) is 2. The number of nitrogens with one attached hydrogen (secondary N) is 1. The Kier molecular flexibility index (Phi) is 8.60. The van der Waals surface area contributed by atoms with Gasteiger partial charge in [0, 0.05) is 12.6 Å². The fourth-order valence-corrected chi connectivity index (χ4v) is 2.95. The maximum absolute atomic E-state index is 10.1. The summed E-state index contributed by atoms with van der Waals surface area (Å²) in [6.07, 6.45) is -0.490. The molecule has 24 heavy (non-hydrogen) atoms. The Morgan fingerprint density at radius 2 is 1.75 bits per heavy atom. The zero-order chi connectivity index (χ0) is 18.2. The van der Waals surface area contributed by atoms with Crippen molar-refractivity contribution < 1.29 is 14.3 Å². The molecule has 0 aliphatic heterocycles. The van der Waals surface area contributed by atoms with E-state index in [1.165, 1.54) is 5.56 Å². The fourth-order valence-electron chi connectivity index (χ4n) is 1.90.